The third-order valence-corrected chi connectivity index (χ3v) is 4.66. The number of ether oxygens (including phenoxy) is 2. The van der Waals surface area contributed by atoms with Crippen molar-refractivity contribution in [3.8, 4) is 11.5 Å². The molecule has 0 unspecified atom stereocenters. The van der Waals surface area contributed by atoms with E-state index in [4.69, 9.17) is 9.47 Å². The van der Waals surface area contributed by atoms with Crippen LogP contribution in [0, 0.1) is 0 Å². The Kier molecular flexibility index (Phi) is 7.35. The van der Waals surface area contributed by atoms with Gasteiger partial charge in [0.25, 0.3) is 0 Å². The fourth-order valence-electron chi connectivity index (χ4n) is 3.08. The van der Waals surface area contributed by atoms with Gasteiger partial charge in [0, 0.05) is 25.8 Å². The highest BCUT2D eigenvalue weighted by atomic mass is 16.5. The van der Waals surface area contributed by atoms with E-state index >= 15 is 0 Å². The van der Waals surface area contributed by atoms with Crippen LogP contribution < -0.4 is 25.0 Å². The fraction of sp³-hybridized carbons (Fsp3) is 0.429. The highest BCUT2D eigenvalue weighted by molar-refractivity contribution is 5.73. The van der Waals surface area contributed by atoms with Crippen LogP contribution in [0.3, 0.4) is 0 Å². The first-order valence-electron chi connectivity index (χ1n) is 9.73. The number of urea groups is 1. The van der Waals surface area contributed by atoms with E-state index < -0.39 is 0 Å². The van der Waals surface area contributed by atoms with E-state index in [0.29, 0.717) is 19.7 Å². The number of aromatic nitrogens is 1. The summed E-state index contributed by atoms with van der Waals surface area (Å²) >= 11 is 0. The third kappa shape index (κ3) is 6.04. The number of methoxy groups -OCH3 is 1. The quantitative estimate of drug-likeness (QED) is 0.685. The van der Waals surface area contributed by atoms with E-state index in [1.807, 2.05) is 42.6 Å². The maximum atomic E-state index is 11.9. The number of benzene rings is 1. The van der Waals surface area contributed by atoms with E-state index in [1.54, 1.807) is 7.11 Å². The second-order valence-corrected chi connectivity index (χ2v) is 6.71. The van der Waals surface area contributed by atoms with Gasteiger partial charge in [-0.2, -0.15) is 0 Å². The molecule has 0 spiro atoms. The minimum absolute atomic E-state index is 0.224. The minimum atomic E-state index is -0.224. The van der Waals surface area contributed by atoms with Crippen molar-refractivity contribution in [2.75, 3.05) is 38.3 Å². The minimum Gasteiger partial charge on any atom is -0.497 e. The molecule has 0 atom stereocenters. The lowest BCUT2D eigenvalue weighted by atomic mass is 10.1. The molecule has 1 aromatic heterocycles. The van der Waals surface area contributed by atoms with Crippen LogP contribution in [0.4, 0.5) is 10.6 Å². The molecule has 2 aromatic rings. The first kappa shape index (κ1) is 19.8. The molecule has 1 aliphatic rings. The van der Waals surface area contributed by atoms with Crippen LogP contribution >= 0.6 is 0 Å². The number of piperidine rings is 1. The maximum Gasteiger partial charge on any atom is 0.315 e. The Bertz CT molecular complexity index is 728. The van der Waals surface area contributed by atoms with Gasteiger partial charge in [0.1, 0.15) is 23.9 Å². The SMILES string of the molecule is COc1ccc(OCCNC(=O)NCc2ccc(N3CCCCC3)nc2)cc1. The third-order valence-electron chi connectivity index (χ3n) is 4.66. The predicted molar refractivity (Wildman–Crippen MR) is 109 cm³/mol. The average Bonchev–Trinajstić information content (AvgIpc) is 2.76. The zero-order valence-corrected chi connectivity index (χ0v) is 16.3. The van der Waals surface area contributed by atoms with Gasteiger partial charge in [-0.3, -0.25) is 0 Å². The summed E-state index contributed by atoms with van der Waals surface area (Å²) in [7, 11) is 1.62. The average molecular weight is 384 g/mol. The number of pyridine rings is 1. The molecule has 28 heavy (non-hydrogen) atoms. The Morgan fingerprint density at radius 1 is 1.04 bits per heavy atom. The van der Waals surface area contributed by atoms with Crippen molar-refractivity contribution in [1.29, 1.82) is 0 Å². The number of rotatable bonds is 8. The van der Waals surface area contributed by atoms with Crippen LogP contribution in [-0.2, 0) is 6.54 Å². The molecule has 1 aliphatic heterocycles. The molecule has 1 fully saturated rings. The van der Waals surface area contributed by atoms with Gasteiger partial charge in [-0.05, 0) is 55.2 Å². The first-order chi connectivity index (χ1) is 13.7. The summed E-state index contributed by atoms with van der Waals surface area (Å²) in [5.74, 6) is 2.54. The molecular weight excluding hydrogens is 356 g/mol. The van der Waals surface area contributed by atoms with Gasteiger partial charge in [-0.1, -0.05) is 6.07 Å². The van der Waals surface area contributed by atoms with Crippen molar-refractivity contribution in [3.05, 3.63) is 48.2 Å². The van der Waals surface area contributed by atoms with Gasteiger partial charge in [0.2, 0.25) is 0 Å². The lowest BCUT2D eigenvalue weighted by Gasteiger charge is -2.27. The van der Waals surface area contributed by atoms with E-state index in [9.17, 15) is 4.79 Å². The Morgan fingerprint density at radius 3 is 2.46 bits per heavy atom. The monoisotopic (exact) mass is 384 g/mol. The number of anilines is 1. The largest absolute Gasteiger partial charge is 0.497 e. The molecule has 3 rings (SSSR count). The lowest BCUT2D eigenvalue weighted by Crippen LogP contribution is -2.37. The topological polar surface area (TPSA) is 75.7 Å². The Labute approximate surface area is 166 Å². The number of hydrogen-bond donors (Lipinski definition) is 2. The van der Waals surface area contributed by atoms with Crippen LogP contribution in [0.15, 0.2) is 42.6 Å². The summed E-state index contributed by atoms with van der Waals surface area (Å²) in [4.78, 5) is 18.7. The van der Waals surface area contributed by atoms with Crippen LogP contribution in [0.25, 0.3) is 0 Å². The molecule has 2 amide bonds. The molecule has 1 aromatic carbocycles. The maximum absolute atomic E-state index is 11.9. The summed E-state index contributed by atoms with van der Waals surface area (Å²) < 4.78 is 10.7. The van der Waals surface area contributed by atoms with Crippen LogP contribution in [-0.4, -0.2) is 44.4 Å². The molecule has 0 aliphatic carbocycles. The number of nitrogens with one attached hydrogen (secondary N) is 2. The van der Waals surface area contributed by atoms with E-state index in [2.05, 4.69) is 20.5 Å². The predicted octanol–water partition coefficient (Wildman–Crippen LogP) is 2.96. The summed E-state index contributed by atoms with van der Waals surface area (Å²) in [6.07, 6.45) is 5.59. The lowest BCUT2D eigenvalue weighted by molar-refractivity contribution is 0.236. The van der Waals surface area contributed by atoms with E-state index in [1.165, 1.54) is 19.3 Å². The summed E-state index contributed by atoms with van der Waals surface area (Å²) in [5, 5.41) is 5.62. The molecule has 7 heteroatoms. The van der Waals surface area contributed by atoms with Gasteiger partial charge in [0.15, 0.2) is 0 Å². The first-order valence-corrected chi connectivity index (χ1v) is 9.73. The van der Waals surface area contributed by atoms with Crippen LogP contribution in [0.5, 0.6) is 11.5 Å². The van der Waals surface area contributed by atoms with Crippen LogP contribution in [0.2, 0.25) is 0 Å². The van der Waals surface area contributed by atoms with Gasteiger partial charge >= 0.3 is 6.03 Å². The van der Waals surface area contributed by atoms with Crippen molar-refractivity contribution in [2.24, 2.45) is 0 Å². The number of hydrogen-bond acceptors (Lipinski definition) is 5. The molecule has 0 bridgehead atoms. The smallest absolute Gasteiger partial charge is 0.315 e. The highest BCUT2D eigenvalue weighted by Crippen LogP contribution is 2.18. The molecule has 2 N–H and O–H groups in total. The van der Waals surface area contributed by atoms with Gasteiger partial charge in [-0.15, -0.1) is 0 Å². The molecule has 0 radical (unpaired) electrons. The van der Waals surface area contributed by atoms with Gasteiger partial charge in [-0.25, -0.2) is 9.78 Å². The second kappa shape index (κ2) is 10.4. The van der Waals surface area contributed by atoms with E-state index in [-0.39, 0.29) is 6.03 Å². The Morgan fingerprint density at radius 2 is 1.79 bits per heavy atom. The molecule has 150 valence electrons. The molecule has 7 nitrogen and oxygen atoms in total. The van der Waals surface area contributed by atoms with Crippen molar-refractivity contribution in [1.82, 2.24) is 15.6 Å². The number of carbonyl (C=O) groups excluding carboxylic acids is 1. The summed E-state index contributed by atoms with van der Waals surface area (Å²) in [6, 6.07) is 11.2. The van der Waals surface area contributed by atoms with E-state index in [0.717, 1.165) is 36.0 Å². The molecule has 0 saturated carbocycles. The second-order valence-electron chi connectivity index (χ2n) is 6.71. The Balaban J connectivity index is 1.32. The van der Waals surface area contributed by atoms with Crippen molar-refractivity contribution in [3.63, 3.8) is 0 Å². The summed E-state index contributed by atoms with van der Waals surface area (Å²) in [5.41, 5.74) is 0.977. The highest BCUT2D eigenvalue weighted by Gasteiger charge is 2.11. The fourth-order valence-corrected chi connectivity index (χ4v) is 3.08. The zero-order chi connectivity index (χ0) is 19.6. The van der Waals surface area contributed by atoms with Crippen LogP contribution in [0.1, 0.15) is 24.8 Å². The molecule has 1 saturated heterocycles. The van der Waals surface area contributed by atoms with Gasteiger partial charge in [0.05, 0.1) is 13.7 Å². The van der Waals surface area contributed by atoms with Gasteiger partial charge < -0.3 is 25.0 Å². The number of carbonyl (C=O) groups is 1. The van der Waals surface area contributed by atoms with Crippen molar-refractivity contribution >= 4 is 11.8 Å². The summed E-state index contributed by atoms with van der Waals surface area (Å²) in [6.45, 7) is 3.41. The van der Waals surface area contributed by atoms with Crippen molar-refractivity contribution in [2.45, 2.75) is 25.8 Å². The number of amides is 2. The number of nitrogens with zero attached hydrogens (tertiary/aromatic N) is 2. The zero-order valence-electron chi connectivity index (χ0n) is 16.3. The molecular formula is C21H28N4O3. The van der Waals surface area contributed by atoms with Crippen molar-refractivity contribution < 1.29 is 14.3 Å². The normalized spacial score (nSPS) is 13.7. The molecule has 2 heterocycles. The Hall–Kier alpha value is -2.96. The standard InChI is InChI=1S/C21H28N4O3/c1-27-18-6-8-19(9-7-18)28-14-11-22-21(26)24-16-17-5-10-20(23-15-17)25-12-3-2-4-13-25/h5-10,15H,2-4,11-14,16H2,1H3,(H2,22,24,26).